The fourth-order valence-corrected chi connectivity index (χ4v) is 2.50. The number of phenols is 1. The number of Topliss-reactive ketones (excluding diaryl/α,β-unsaturated/α-hetero) is 1. The lowest BCUT2D eigenvalue weighted by Crippen LogP contribution is -2.22. The lowest BCUT2D eigenvalue weighted by Gasteiger charge is -2.13. The summed E-state index contributed by atoms with van der Waals surface area (Å²) < 4.78 is 0. The first-order chi connectivity index (χ1) is 13.2. The molecule has 10 nitrogen and oxygen atoms in total. The molecule has 0 amide bonds. The van der Waals surface area contributed by atoms with Gasteiger partial charge in [0.2, 0.25) is 5.78 Å². The van der Waals surface area contributed by atoms with Gasteiger partial charge in [-0.05, 0) is 30.3 Å². The molecule has 1 aliphatic rings. The van der Waals surface area contributed by atoms with E-state index in [0.29, 0.717) is 0 Å². The van der Waals surface area contributed by atoms with Gasteiger partial charge in [0.15, 0.2) is 5.43 Å². The monoisotopic (exact) mass is 384 g/mol. The van der Waals surface area contributed by atoms with Crippen LogP contribution in [0.15, 0.2) is 40.7 Å². The molecule has 0 aliphatic heterocycles. The molecule has 2 aromatic carbocycles. The molecule has 0 spiro atoms. The van der Waals surface area contributed by atoms with Crippen molar-refractivity contribution < 1.29 is 34.4 Å². The van der Waals surface area contributed by atoms with Crippen molar-refractivity contribution in [3.63, 3.8) is 0 Å². The number of nitrogens with two attached hydrogens (primary N) is 2. The van der Waals surface area contributed by atoms with Gasteiger partial charge in [-0.1, -0.05) is 0 Å². The highest BCUT2D eigenvalue weighted by Gasteiger charge is 2.32. The number of carbonyl (C=O) groups is 3. The first-order valence-corrected chi connectivity index (χ1v) is 7.64. The van der Waals surface area contributed by atoms with Crippen molar-refractivity contribution in [2.24, 2.45) is 0 Å². The van der Waals surface area contributed by atoms with Crippen LogP contribution in [-0.2, 0) is 14.6 Å². The van der Waals surface area contributed by atoms with E-state index in [9.17, 15) is 29.4 Å². The molecule has 0 saturated carbocycles. The maximum atomic E-state index is 12.4. The van der Waals surface area contributed by atoms with Crippen LogP contribution >= 0.6 is 0 Å². The van der Waals surface area contributed by atoms with E-state index < -0.39 is 45.8 Å². The van der Waals surface area contributed by atoms with Gasteiger partial charge in [0, 0.05) is 17.3 Å². The SMILES string of the molecule is Nc1ccc(C(=O)OOC(=O)C2=Cc3c(N)c(c(O)ccc3=O)C2=O)c(O)c1. The van der Waals surface area contributed by atoms with Crippen molar-refractivity contribution in [3.8, 4) is 11.5 Å². The van der Waals surface area contributed by atoms with Gasteiger partial charge in [0.05, 0.1) is 11.3 Å². The second-order valence-corrected chi connectivity index (χ2v) is 5.69. The lowest BCUT2D eigenvalue weighted by atomic mass is 9.94. The zero-order valence-electron chi connectivity index (χ0n) is 14.0. The number of rotatable bonds is 2. The molecule has 6 N–H and O–H groups in total. The minimum Gasteiger partial charge on any atom is -0.507 e. The summed E-state index contributed by atoms with van der Waals surface area (Å²) in [5.41, 5.74) is 8.70. The highest BCUT2D eigenvalue weighted by atomic mass is 17.2. The molecule has 1 aliphatic carbocycles. The molecule has 0 radical (unpaired) electrons. The van der Waals surface area contributed by atoms with E-state index in [1.165, 1.54) is 6.07 Å². The van der Waals surface area contributed by atoms with Gasteiger partial charge in [0.1, 0.15) is 22.6 Å². The average molecular weight is 384 g/mol. The standard InChI is InChI=1S/C18H12N2O8/c19-7-1-2-8(13(23)5-7)17(25)27-28-18(26)10-6-9-11(21)3-4-12(22)14(15(9)20)16(10)24/h1-6,22-23H,19-20H2. The van der Waals surface area contributed by atoms with Crippen molar-refractivity contribution in [2.45, 2.75) is 0 Å². The maximum absolute atomic E-state index is 12.4. The summed E-state index contributed by atoms with van der Waals surface area (Å²) in [6.45, 7) is 0. The second kappa shape index (κ2) is 6.76. The van der Waals surface area contributed by atoms with E-state index in [1.54, 1.807) is 0 Å². The van der Waals surface area contributed by atoms with Crippen molar-refractivity contribution in [1.29, 1.82) is 0 Å². The van der Waals surface area contributed by atoms with Crippen LogP contribution < -0.4 is 16.9 Å². The fraction of sp³-hybridized carbons (Fsp3) is 0. The normalized spacial score (nSPS) is 12.1. The summed E-state index contributed by atoms with van der Waals surface area (Å²) in [6.07, 6.45) is 0.878. The first-order valence-electron chi connectivity index (χ1n) is 7.64. The molecule has 0 fully saturated rings. The molecule has 0 aromatic heterocycles. The van der Waals surface area contributed by atoms with Crippen molar-refractivity contribution in [2.75, 3.05) is 11.5 Å². The quantitative estimate of drug-likeness (QED) is 0.247. The van der Waals surface area contributed by atoms with Crippen molar-refractivity contribution in [1.82, 2.24) is 0 Å². The Labute approximate surface area is 156 Å². The third-order valence-corrected chi connectivity index (χ3v) is 3.89. The number of anilines is 2. The summed E-state index contributed by atoms with van der Waals surface area (Å²) in [5.74, 6) is -4.77. The number of hydrogen-bond donors (Lipinski definition) is 4. The Kier molecular flexibility index (Phi) is 4.45. The summed E-state index contributed by atoms with van der Waals surface area (Å²) >= 11 is 0. The second-order valence-electron chi connectivity index (χ2n) is 5.69. The molecule has 3 rings (SSSR count). The molecular formula is C18H12N2O8. The summed E-state index contributed by atoms with van der Waals surface area (Å²) in [6, 6.07) is 5.48. The molecule has 0 atom stereocenters. The van der Waals surface area contributed by atoms with Gasteiger partial charge in [-0.15, -0.1) is 0 Å². The number of benzene rings is 1. The van der Waals surface area contributed by atoms with Crippen LogP contribution in [0.2, 0.25) is 0 Å². The van der Waals surface area contributed by atoms with Gasteiger partial charge >= 0.3 is 11.9 Å². The first kappa shape index (κ1) is 18.5. The lowest BCUT2D eigenvalue weighted by molar-refractivity contribution is -0.228. The predicted molar refractivity (Wildman–Crippen MR) is 95.1 cm³/mol. The number of fused-ring (bicyclic) bond motifs is 2. The Bertz CT molecular complexity index is 1140. The third kappa shape index (κ3) is 3.09. The van der Waals surface area contributed by atoms with Crippen LogP contribution in [0.1, 0.15) is 26.3 Å². The minimum atomic E-state index is -1.40. The van der Waals surface area contributed by atoms with Gasteiger partial charge in [-0.25, -0.2) is 19.4 Å². The van der Waals surface area contributed by atoms with E-state index in [4.69, 9.17) is 11.5 Å². The molecule has 2 aromatic rings. The van der Waals surface area contributed by atoms with E-state index >= 15 is 0 Å². The van der Waals surface area contributed by atoms with Crippen LogP contribution in [0.3, 0.4) is 0 Å². The molecule has 0 saturated heterocycles. The summed E-state index contributed by atoms with van der Waals surface area (Å²) in [7, 11) is 0. The number of nitrogen functional groups attached to an aromatic ring is 2. The molecule has 28 heavy (non-hydrogen) atoms. The van der Waals surface area contributed by atoms with Crippen molar-refractivity contribution in [3.05, 3.63) is 62.8 Å². The Balaban J connectivity index is 1.85. The van der Waals surface area contributed by atoms with Crippen LogP contribution in [0.5, 0.6) is 11.5 Å². The van der Waals surface area contributed by atoms with Crippen LogP contribution in [0.4, 0.5) is 11.4 Å². The molecule has 10 heteroatoms. The fourth-order valence-electron chi connectivity index (χ4n) is 2.50. The van der Waals surface area contributed by atoms with Gasteiger partial charge in [-0.3, -0.25) is 9.59 Å². The molecule has 142 valence electrons. The van der Waals surface area contributed by atoms with Crippen LogP contribution in [0.25, 0.3) is 6.08 Å². The Morgan fingerprint density at radius 1 is 0.893 bits per heavy atom. The zero-order valence-corrected chi connectivity index (χ0v) is 14.0. The topological polar surface area (TPSA) is 179 Å². The van der Waals surface area contributed by atoms with E-state index in [1.807, 2.05) is 0 Å². The molecular weight excluding hydrogens is 372 g/mol. The molecule has 2 bridgehead atoms. The Hall–Kier alpha value is -4.34. The minimum absolute atomic E-state index is 0.184. The smallest absolute Gasteiger partial charge is 0.390 e. The van der Waals surface area contributed by atoms with E-state index in [-0.39, 0.29) is 22.5 Å². The highest BCUT2D eigenvalue weighted by Crippen LogP contribution is 2.32. The van der Waals surface area contributed by atoms with E-state index in [2.05, 4.69) is 9.78 Å². The van der Waals surface area contributed by atoms with Gasteiger partial charge in [-0.2, -0.15) is 0 Å². The third-order valence-electron chi connectivity index (χ3n) is 3.89. The predicted octanol–water partition coefficient (Wildman–Crippen LogP) is 0.517. The average Bonchev–Trinajstić information content (AvgIpc) is 2.70. The summed E-state index contributed by atoms with van der Waals surface area (Å²) in [5, 5.41) is 19.5. The van der Waals surface area contributed by atoms with Crippen molar-refractivity contribution >= 4 is 35.2 Å². The van der Waals surface area contributed by atoms with Gasteiger partial charge < -0.3 is 21.7 Å². The molecule has 0 heterocycles. The molecule has 0 unspecified atom stereocenters. The Morgan fingerprint density at radius 3 is 2.25 bits per heavy atom. The zero-order chi connectivity index (χ0) is 20.6. The van der Waals surface area contributed by atoms with Crippen LogP contribution in [0, 0.1) is 0 Å². The Morgan fingerprint density at radius 2 is 1.57 bits per heavy atom. The number of aromatic hydroxyl groups is 2. The number of phenolic OH excluding ortho intramolecular Hbond substituents is 1. The highest BCUT2D eigenvalue weighted by molar-refractivity contribution is 6.31. The number of hydrogen-bond acceptors (Lipinski definition) is 10. The number of ketones is 1. The summed E-state index contributed by atoms with van der Waals surface area (Å²) in [4.78, 5) is 57.2. The van der Waals surface area contributed by atoms with Crippen LogP contribution in [-0.4, -0.2) is 27.9 Å². The largest absolute Gasteiger partial charge is 0.507 e. The van der Waals surface area contributed by atoms with E-state index in [0.717, 1.165) is 30.3 Å². The number of carbonyl (C=O) groups excluding carboxylic acids is 3. The van der Waals surface area contributed by atoms with Gasteiger partial charge in [0.25, 0.3) is 0 Å². The maximum Gasteiger partial charge on any atom is 0.390 e.